The highest BCUT2D eigenvalue weighted by atomic mass is 32.2. The molecule has 0 bridgehead atoms. The molecular formula is C16H16N2S. The molecule has 0 aromatic heterocycles. The third-order valence-corrected chi connectivity index (χ3v) is 4.36. The molecule has 96 valence electrons. The summed E-state index contributed by atoms with van der Waals surface area (Å²) < 4.78 is 0. The standard InChI is InChI=1S/C16H16N2S/c1-3-18-13-6-4-5-7-15(13)19-16-10-12(11-17-2)8-9-14(16)18/h4-11H,3H2,1-2H3. The summed E-state index contributed by atoms with van der Waals surface area (Å²) in [7, 11) is 1.81. The first kappa shape index (κ1) is 12.3. The summed E-state index contributed by atoms with van der Waals surface area (Å²) in [6.45, 7) is 3.17. The first-order chi connectivity index (χ1) is 9.33. The van der Waals surface area contributed by atoms with Crippen molar-refractivity contribution in [3.63, 3.8) is 0 Å². The van der Waals surface area contributed by atoms with Gasteiger partial charge in [0, 0.05) is 29.6 Å². The fraction of sp³-hybridized carbons (Fsp3) is 0.188. The van der Waals surface area contributed by atoms with E-state index in [1.54, 1.807) is 7.05 Å². The van der Waals surface area contributed by atoms with Crippen molar-refractivity contribution in [2.24, 2.45) is 4.99 Å². The molecule has 0 saturated carbocycles. The minimum atomic E-state index is 0.978. The van der Waals surface area contributed by atoms with E-state index in [2.05, 4.69) is 59.3 Å². The molecule has 0 spiro atoms. The van der Waals surface area contributed by atoms with Gasteiger partial charge in [0.05, 0.1) is 11.4 Å². The van der Waals surface area contributed by atoms with Gasteiger partial charge in [-0.25, -0.2) is 0 Å². The Balaban J connectivity index is 2.12. The lowest BCUT2D eigenvalue weighted by Crippen LogP contribution is -2.19. The second kappa shape index (κ2) is 5.10. The van der Waals surface area contributed by atoms with E-state index >= 15 is 0 Å². The van der Waals surface area contributed by atoms with Gasteiger partial charge >= 0.3 is 0 Å². The van der Waals surface area contributed by atoms with E-state index in [0.29, 0.717) is 0 Å². The van der Waals surface area contributed by atoms with Crippen LogP contribution in [0.25, 0.3) is 0 Å². The van der Waals surface area contributed by atoms with Crippen molar-refractivity contribution in [1.82, 2.24) is 0 Å². The van der Waals surface area contributed by atoms with Crippen LogP contribution in [0, 0.1) is 0 Å². The largest absolute Gasteiger partial charge is 0.340 e. The van der Waals surface area contributed by atoms with Crippen LogP contribution in [0.2, 0.25) is 0 Å². The highest BCUT2D eigenvalue weighted by Gasteiger charge is 2.21. The number of rotatable bonds is 2. The maximum atomic E-state index is 4.09. The lowest BCUT2D eigenvalue weighted by atomic mass is 10.1. The van der Waals surface area contributed by atoms with Crippen LogP contribution in [0.4, 0.5) is 11.4 Å². The van der Waals surface area contributed by atoms with E-state index in [0.717, 1.165) is 12.1 Å². The minimum absolute atomic E-state index is 0.978. The van der Waals surface area contributed by atoms with E-state index in [1.165, 1.54) is 21.2 Å². The van der Waals surface area contributed by atoms with E-state index in [9.17, 15) is 0 Å². The van der Waals surface area contributed by atoms with Crippen molar-refractivity contribution in [3.05, 3.63) is 48.0 Å². The SMILES string of the molecule is CCN1c2ccccc2Sc2cc(C=NC)ccc21. The summed E-state index contributed by atoms with van der Waals surface area (Å²) in [6.07, 6.45) is 1.90. The molecule has 1 aliphatic rings. The summed E-state index contributed by atoms with van der Waals surface area (Å²) in [4.78, 5) is 9.08. The first-order valence-electron chi connectivity index (χ1n) is 6.44. The molecule has 1 aliphatic heterocycles. The van der Waals surface area contributed by atoms with Gasteiger partial charge in [-0.05, 0) is 36.8 Å². The molecule has 0 N–H and O–H groups in total. The van der Waals surface area contributed by atoms with E-state index in [1.807, 2.05) is 18.0 Å². The molecule has 2 aromatic carbocycles. The average Bonchev–Trinajstić information content (AvgIpc) is 2.45. The van der Waals surface area contributed by atoms with E-state index in [4.69, 9.17) is 0 Å². The Morgan fingerprint density at radius 2 is 1.89 bits per heavy atom. The normalized spacial score (nSPS) is 13.5. The van der Waals surface area contributed by atoms with E-state index < -0.39 is 0 Å². The Morgan fingerprint density at radius 3 is 2.68 bits per heavy atom. The highest BCUT2D eigenvalue weighted by molar-refractivity contribution is 7.99. The van der Waals surface area contributed by atoms with Gasteiger partial charge in [0.25, 0.3) is 0 Å². The lowest BCUT2D eigenvalue weighted by molar-refractivity contribution is 0.979. The quantitative estimate of drug-likeness (QED) is 0.752. The summed E-state index contributed by atoms with van der Waals surface area (Å²) >= 11 is 1.84. The molecule has 3 rings (SSSR count). The molecule has 19 heavy (non-hydrogen) atoms. The van der Waals surface area contributed by atoms with Crippen LogP contribution in [-0.2, 0) is 0 Å². The summed E-state index contributed by atoms with van der Waals surface area (Å²) in [5.74, 6) is 0. The second-order valence-corrected chi connectivity index (χ2v) is 5.51. The van der Waals surface area contributed by atoms with Gasteiger partial charge in [-0.2, -0.15) is 0 Å². The van der Waals surface area contributed by atoms with Crippen molar-refractivity contribution < 1.29 is 0 Å². The highest BCUT2D eigenvalue weighted by Crippen LogP contribution is 2.47. The molecule has 0 radical (unpaired) electrons. The molecule has 3 heteroatoms. The Kier molecular flexibility index (Phi) is 3.30. The molecule has 0 unspecified atom stereocenters. The van der Waals surface area contributed by atoms with Crippen molar-refractivity contribution >= 4 is 29.4 Å². The molecule has 2 aromatic rings. The maximum absolute atomic E-state index is 4.09. The number of aliphatic imine (C=N–C) groups is 1. The Bertz CT molecular complexity index is 634. The first-order valence-corrected chi connectivity index (χ1v) is 7.25. The number of nitrogens with zero attached hydrogens (tertiary/aromatic N) is 2. The topological polar surface area (TPSA) is 15.6 Å². The van der Waals surface area contributed by atoms with Crippen LogP contribution in [0.3, 0.4) is 0 Å². The summed E-state index contributed by atoms with van der Waals surface area (Å²) in [5, 5.41) is 0. The number of fused-ring (bicyclic) bond motifs is 2. The number of hydrogen-bond acceptors (Lipinski definition) is 3. The molecule has 0 saturated heterocycles. The van der Waals surface area contributed by atoms with Gasteiger partial charge in [-0.15, -0.1) is 0 Å². The van der Waals surface area contributed by atoms with Crippen molar-refractivity contribution in [2.45, 2.75) is 16.7 Å². The average molecular weight is 268 g/mol. The zero-order valence-corrected chi connectivity index (χ0v) is 11.9. The van der Waals surface area contributed by atoms with Crippen LogP contribution < -0.4 is 4.90 Å². The number of hydrogen-bond donors (Lipinski definition) is 0. The van der Waals surface area contributed by atoms with Crippen molar-refractivity contribution in [2.75, 3.05) is 18.5 Å². The second-order valence-electron chi connectivity index (χ2n) is 4.43. The van der Waals surface area contributed by atoms with Gasteiger partial charge in [0.15, 0.2) is 0 Å². The predicted molar refractivity (Wildman–Crippen MR) is 83.2 cm³/mol. The molecule has 1 heterocycles. The van der Waals surface area contributed by atoms with Crippen LogP contribution in [-0.4, -0.2) is 19.8 Å². The third-order valence-electron chi connectivity index (χ3n) is 3.25. The monoisotopic (exact) mass is 268 g/mol. The Morgan fingerprint density at radius 1 is 1.11 bits per heavy atom. The third kappa shape index (κ3) is 2.15. The van der Waals surface area contributed by atoms with E-state index in [-0.39, 0.29) is 0 Å². The van der Waals surface area contributed by atoms with Gasteiger partial charge < -0.3 is 4.90 Å². The van der Waals surface area contributed by atoms with Crippen LogP contribution in [0.1, 0.15) is 12.5 Å². The minimum Gasteiger partial charge on any atom is -0.340 e. The molecule has 0 atom stereocenters. The van der Waals surface area contributed by atoms with Gasteiger partial charge in [-0.3, -0.25) is 4.99 Å². The van der Waals surface area contributed by atoms with Crippen LogP contribution in [0.15, 0.2) is 57.2 Å². The summed E-state index contributed by atoms with van der Waals surface area (Å²) in [5.41, 5.74) is 3.75. The zero-order chi connectivity index (χ0) is 13.2. The molecule has 0 amide bonds. The number of para-hydroxylation sites is 1. The smallest absolute Gasteiger partial charge is 0.0553 e. The zero-order valence-electron chi connectivity index (χ0n) is 11.1. The number of benzene rings is 2. The van der Waals surface area contributed by atoms with Gasteiger partial charge in [-0.1, -0.05) is 30.0 Å². The summed E-state index contributed by atoms with van der Waals surface area (Å²) in [6, 6.07) is 15.1. The van der Waals surface area contributed by atoms with Gasteiger partial charge in [0.2, 0.25) is 0 Å². The fourth-order valence-electron chi connectivity index (χ4n) is 2.42. The predicted octanol–water partition coefficient (Wildman–Crippen LogP) is 4.36. The molecular weight excluding hydrogens is 252 g/mol. The fourth-order valence-corrected chi connectivity index (χ4v) is 3.56. The molecule has 2 nitrogen and oxygen atoms in total. The number of anilines is 2. The maximum Gasteiger partial charge on any atom is 0.0553 e. The Hall–Kier alpha value is -1.74. The Labute approximate surface area is 118 Å². The van der Waals surface area contributed by atoms with Crippen LogP contribution in [0.5, 0.6) is 0 Å². The molecule has 0 aliphatic carbocycles. The van der Waals surface area contributed by atoms with Gasteiger partial charge in [0.1, 0.15) is 0 Å². The van der Waals surface area contributed by atoms with Crippen molar-refractivity contribution in [1.29, 1.82) is 0 Å². The molecule has 0 fully saturated rings. The lowest BCUT2D eigenvalue weighted by Gasteiger charge is -2.32. The van der Waals surface area contributed by atoms with Crippen LogP contribution >= 0.6 is 11.8 Å². The van der Waals surface area contributed by atoms with Crippen molar-refractivity contribution in [3.8, 4) is 0 Å².